The molecule has 1 heterocycles. The average Bonchev–Trinajstić information content (AvgIpc) is 2.82. The van der Waals surface area contributed by atoms with Crippen molar-refractivity contribution in [3.8, 4) is 0 Å². The van der Waals surface area contributed by atoms with Crippen molar-refractivity contribution in [2.75, 3.05) is 11.9 Å². The van der Waals surface area contributed by atoms with Crippen LogP contribution in [-0.4, -0.2) is 17.6 Å². The van der Waals surface area contributed by atoms with E-state index in [4.69, 9.17) is 4.52 Å². The largest absolute Gasteiger partial charge is 0.360 e. The molecule has 0 aliphatic heterocycles. The first-order valence-corrected chi connectivity index (χ1v) is 6.26. The van der Waals surface area contributed by atoms with Crippen LogP contribution >= 0.6 is 0 Å². The van der Waals surface area contributed by atoms with Crippen LogP contribution in [0.5, 0.6) is 0 Å². The summed E-state index contributed by atoms with van der Waals surface area (Å²) in [6, 6.07) is 12.0. The van der Waals surface area contributed by atoms with Gasteiger partial charge in [0.15, 0.2) is 12.4 Å². The molecule has 3 N–H and O–H groups in total. The number of rotatable bonds is 5. The summed E-state index contributed by atoms with van der Waals surface area (Å²) < 4.78 is 4.89. The molecule has 2 rings (SSSR count). The van der Waals surface area contributed by atoms with Gasteiger partial charge < -0.3 is 15.2 Å². The second kappa shape index (κ2) is 6.15. The molecule has 1 aromatic carbocycles. The second-order valence-corrected chi connectivity index (χ2v) is 4.51. The molecule has 0 radical (unpaired) electrons. The number of nitrogens with zero attached hydrogens (tertiary/aromatic N) is 1. The SMILES string of the molecule is Cc1cc(NC(=O)C[NH2+][C@H](C)c2ccccc2)no1. The highest BCUT2D eigenvalue weighted by Crippen LogP contribution is 2.07. The molecule has 0 aliphatic rings. The number of amides is 1. The first-order chi connectivity index (χ1) is 9.15. The number of carbonyl (C=O) groups excluding carboxylic acids is 1. The van der Waals surface area contributed by atoms with E-state index in [-0.39, 0.29) is 11.9 Å². The molecule has 0 unspecified atom stereocenters. The minimum Gasteiger partial charge on any atom is -0.360 e. The molecular weight excluding hydrogens is 242 g/mol. The molecule has 0 saturated heterocycles. The topological polar surface area (TPSA) is 71.7 Å². The molecular formula is C14H18N3O2+. The molecule has 19 heavy (non-hydrogen) atoms. The molecule has 0 saturated carbocycles. The van der Waals surface area contributed by atoms with E-state index in [1.54, 1.807) is 13.0 Å². The van der Waals surface area contributed by atoms with Gasteiger partial charge in [-0.1, -0.05) is 35.5 Å². The van der Waals surface area contributed by atoms with Crippen LogP contribution < -0.4 is 10.6 Å². The molecule has 5 nitrogen and oxygen atoms in total. The predicted molar refractivity (Wildman–Crippen MR) is 71.5 cm³/mol. The smallest absolute Gasteiger partial charge is 0.280 e. The van der Waals surface area contributed by atoms with E-state index in [9.17, 15) is 4.79 Å². The summed E-state index contributed by atoms with van der Waals surface area (Å²) in [7, 11) is 0. The van der Waals surface area contributed by atoms with Crippen molar-refractivity contribution >= 4 is 11.7 Å². The fourth-order valence-electron chi connectivity index (χ4n) is 1.80. The van der Waals surface area contributed by atoms with E-state index < -0.39 is 0 Å². The Bertz CT molecular complexity index is 537. The maximum absolute atomic E-state index is 11.7. The summed E-state index contributed by atoms with van der Waals surface area (Å²) in [5.41, 5.74) is 1.20. The summed E-state index contributed by atoms with van der Waals surface area (Å²) in [6.45, 7) is 4.21. The van der Waals surface area contributed by atoms with Crippen molar-refractivity contribution in [1.29, 1.82) is 0 Å². The standard InChI is InChI=1S/C14H17N3O2/c1-10-8-13(17-19-10)16-14(18)9-15-11(2)12-6-4-3-5-7-12/h3-8,11,15H,9H2,1-2H3,(H,16,17,18)/p+1/t11-/m1/s1. The highest BCUT2D eigenvalue weighted by molar-refractivity contribution is 5.90. The van der Waals surface area contributed by atoms with E-state index in [1.165, 1.54) is 5.56 Å². The van der Waals surface area contributed by atoms with Crippen molar-refractivity contribution in [2.45, 2.75) is 19.9 Å². The number of quaternary nitrogens is 1. The van der Waals surface area contributed by atoms with Crippen molar-refractivity contribution in [3.63, 3.8) is 0 Å². The van der Waals surface area contributed by atoms with Gasteiger partial charge in [-0.3, -0.25) is 4.79 Å². The molecule has 0 fully saturated rings. The summed E-state index contributed by atoms with van der Waals surface area (Å²) >= 11 is 0. The van der Waals surface area contributed by atoms with E-state index in [2.05, 4.69) is 29.5 Å². The Hall–Kier alpha value is -2.14. The summed E-state index contributed by atoms with van der Waals surface area (Å²) in [4.78, 5) is 11.7. The van der Waals surface area contributed by atoms with Gasteiger partial charge in [0.2, 0.25) is 0 Å². The molecule has 1 amide bonds. The van der Waals surface area contributed by atoms with Gasteiger partial charge in [0.05, 0.1) is 0 Å². The van der Waals surface area contributed by atoms with Gasteiger partial charge in [0.1, 0.15) is 11.8 Å². The lowest BCUT2D eigenvalue weighted by atomic mass is 10.1. The van der Waals surface area contributed by atoms with Crippen LogP contribution in [-0.2, 0) is 4.79 Å². The third-order valence-electron chi connectivity index (χ3n) is 2.88. The van der Waals surface area contributed by atoms with E-state index >= 15 is 0 Å². The third-order valence-corrected chi connectivity index (χ3v) is 2.88. The Labute approximate surface area is 112 Å². The number of nitrogens with one attached hydrogen (secondary N) is 1. The third kappa shape index (κ3) is 3.93. The number of carbonyl (C=O) groups is 1. The number of hydrogen-bond acceptors (Lipinski definition) is 3. The minimum atomic E-state index is -0.0870. The number of benzene rings is 1. The van der Waals surface area contributed by atoms with Crippen LogP contribution in [0.25, 0.3) is 0 Å². The average molecular weight is 260 g/mol. The van der Waals surface area contributed by atoms with Crippen LogP contribution in [0.3, 0.4) is 0 Å². The number of hydrogen-bond donors (Lipinski definition) is 2. The Kier molecular flexibility index (Phi) is 4.30. The van der Waals surface area contributed by atoms with E-state index in [1.807, 2.05) is 23.5 Å². The first kappa shape index (κ1) is 13.3. The van der Waals surface area contributed by atoms with Gasteiger partial charge in [-0.25, -0.2) is 0 Å². The van der Waals surface area contributed by atoms with E-state index in [0.29, 0.717) is 18.1 Å². The van der Waals surface area contributed by atoms with Gasteiger partial charge in [-0.05, 0) is 13.8 Å². The summed E-state index contributed by atoms with van der Waals surface area (Å²) in [6.07, 6.45) is 0. The highest BCUT2D eigenvalue weighted by Gasteiger charge is 2.12. The van der Waals surface area contributed by atoms with Crippen LogP contribution in [0, 0.1) is 6.92 Å². The fourth-order valence-corrected chi connectivity index (χ4v) is 1.80. The Morgan fingerprint density at radius 3 is 2.79 bits per heavy atom. The number of nitrogens with two attached hydrogens (primary N) is 1. The Balaban J connectivity index is 1.80. The Morgan fingerprint density at radius 1 is 1.42 bits per heavy atom. The van der Waals surface area contributed by atoms with Crippen LogP contribution in [0.4, 0.5) is 5.82 Å². The molecule has 100 valence electrons. The van der Waals surface area contributed by atoms with Gasteiger partial charge in [-0.2, -0.15) is 0 Å². The zero-order valence-electron chi connectivity index (χ0n) is 11.1. The van der Waals surface area contributed by atoms with Crippen LogP contribution in [0.2, 0.25) is 0 Å². The molecule has 1 aromatic heterocycles. The maximum Gasteiger partial charge on any atom is 0.280 e. The van der Waals surface area contributed by atoms with Gasteiger partial charge in [-0.15, -0.1) is 0 Å². The fraction of sp³-hybridized carbons (Fsp3) is 0.286. The summed E-state index contributed by atoms with van der Waals surface area (Å²) in [5.74, 6) is 1.05. The van der Waals surface area contributed by atoms with Gasteiger partial charge in [0, 0.05) is 11.6 Å². The number of aryl methyl sites for hydroxylation is 1. The minimum absolute atomic E-state index is 0.0870. The second-order valence-electron chi connectivity index (χ2n) is 4.51. The quantitative estimate of drug-likeness (QED) is 0.849. The van der Waals surface area contributed by atoms with Crippen molar-refractivity contribution in [2.24, 2.45) is 0 Å². The van der Waals surface area contributed by atoms with Crippen molar-refractivity contribution in [1.82, 2.24) is 5.16 Å². The molecule has 5 heteroatoms. The number of aromatic nitrogens is 1. The predicted octanol–water partition coefficient (Wildman–Crippen LogP) is 1.25. The highest BCUT2D eigenvalue weighted by atomic mass is 16.5. The van der Waals surface area contributed by atoms with Crippen molar-refractivity contribution in [3.05, 3.63) is 47.7 Å². The molecule has 0 aliphatic carbocycles. The lowest BCUT2D eigenvalue weighted by molar-refractivity contribution is -0.682. The van der Waals surface area contributed by atoms with E-state index in [0.717, 1.165) is 0 Å². The molecule has 1 atom stereocenters. The maximum atomic E-state index is 11.7. The normalized spacial score (nSPS) is 12.1. The summed E-state index contributed by atoms with van der Waals surface area (Å²) in [5, 5.41) is 8.40. The zero-order chi connectivity index (χ0) is 13.7. The monoisotopic (exact) mass is 260 g/mol. The zero-order valence-corrected chi connectivity index (χ0v) is 11.1. The van der Waals surface area contributed by atoms with Crippen LogP contribution in [0.1, 0.15) is 24.3 Å². The molecule has 0 spiro atoms. The molecule has 2 aromatic rings. The van der Waals surface area contributed by atoms with Gasteiger partial charge in [0.25, 0.3) is 5.91 Å². The molecule has 0 bridgehead atoms. The lowest BCUT2D eigenvalue weighted by Crippen LogP contribution is -2.86. The Morgan fingerprint density at radius 2 is 2.16 bits per heavy atom. The van der Waals surface area contributed by atoms with Crippen LogP contribution in [0.15, 0.2) is 40.9 Å². The van der Waals surface area contributed by atoms with Gasteiger partial charge >= 0.3 is 0 Å². The first-order valence-electron chi connectivity index (χ1n) is 6.26. The van der Waals surface area contributed by atoms with Crippen molar-refractivity contribution < 1.29 is 14.6 Å². The number of anilines is 1. The lowest BCUT2D eigenvalue weighted by Gasteiger charge is -2.10.